The van der Waals surface area contributed by atoms with Crippen molar-refractivity contribution in [1.29, 1.82) is 5.26 Å². The number of nitrogens with zero attached hydrogens (tertiary/aromatic N) is 2. The molecule has 0 bridgehead atoms. The number of hydrogen-bond acceptors (Lipinski definition) is 6. The second-order valence-corrected chi connectivity index (χ2v) is 6.35. The minimum absolute atomic E-state index is 0.645. The van der Waals surface area contributed by atoms with E-state index >= 15 is 0 Å². The minimum Gasteiger partial charge on any atom is -0.384 e. The number of benzene rings is 1. The standard InChI is InChI=1S/C15H17N3OS2/c1-3-15(19,4-2)13-10-20-14(17-13)18-21-12-7-5-11(9-16)6-8-12/h5-8,10,19H,3-4H2,1-2H3,(H,17,18). The Morgan fingerprint density at radius 1 is 1.33 bits per heavy atom. The zero-order valence-electron chi connectivity index (χ0n) is 12.0. The maximum atomic E-state index is 10.4. The van der Waals surface area contributed by atoms with Crippen molar-refractivity contribution in [3.05, 3.63) is 40.9 Å². The first-order valence-electron chi connectivity index (χ1n) is 6.72. The summed E-state index contributed by atoms with van der Waals surface area (Å²) in [5.41, 5.74) is 0.530. The Bertz CT molecular complexity index is 627. The van der Waals surface area contributed by atoms with Gasteiger partial charge in [0.2, 0.25) is 0 Å². The molecule has 1 aromatic heterocycles. The smallest absolute Gasteiger partial charge is 0.193 e. The van der Waals surface area contributed by atoms with Crippen LogP contribution in [0.15, 0.2) is 34.5 Å². The fraction of sp³-hybridized carbons (Fsp3) is 0.333. The molecule has 2 aromatic rings. The first kappa shape index (κ1) is 15.8. The van der Waals surface area contributed by atoms with Gasteiger partial charge in [0.15, 0.2) is 5.13 Å². The van der Waals surface area contributed by atoms with Crippen LogP contribution in [0.5, 0.6) is 0 Å². The average Bonchev–Trinajstić information content (AvgIpc) is 3.02. The molecule has 6 heteroatoms. The third-order valence-electron chi connectivity index (χ3n) is 3.39. The fourth-order valence-electron chi connectivity index (χ4n) is 1.85. The summed E-state index contributed by atoms with van der Waals surface area (Å²) in [4.78, 5) is 5.46. The van der Waals surface area contributed by atoms with E-state index in [1.165, 1.54) is 23.3 Å². The van der Waals surface area contributed by atoms with Gasteiger partial charge in [-0.3, -0.25) is 0 Å². The lowest BCUT2D eigenvalue weighted by Crippen LogP contribution is -2.23. The third-order valence-corrected chi connectivity index (χ3v) is 5.08. The molecule has 0 atom stereocenters. The largest absolute Gasteiger partial charge is 0.384 e. The quantitative estimate of drug-likeness (QED) is 0.783. The van der Waals surface area contributed by atoms with Gasteiger partial charge in [-0.15, -0.1) is 11.3 Å². The van der Waals surface area contributed by atoms with Gasteiger partial charge < -0.3 is 9.83 Å². The van der Waals surface area contributed by atoms with Crippen LogP contribution in [-0.4, -0.2) is 10.1 Å². The molecular weight excluding hydrogens is 302 g/mol. The molecule has 0 unspecified atom stereocenters. The van der Waals surface area contributed by atoms with E-state index in [1.807, 2.05) is 31.4 Å². The van der Waals surface area contributed by atoms with E-state index in [2.05, 4.69) is 15.8 Å². The Morgan fingerprint density at radius 3 is 2.57 bits per heavy atom. The van der Waals surface area contributed by atoms with Crippen LogP contribution in [0.3, 0.4) is 0 Å². The molecule has 0 spiro atoms. The van der Waals surface area contributed by atoms with Crippen molar-refractivity contribution in [2.24, 2.45) is 0 Å². The Hall–Kier alpha value is -1.55. The van der Waals surface area contributed by atoms with Gasteiger partial charge in [-0.2, -0.15) is 5.26 Å². The summed E-state index contributed by atoms with van der Waals surface area (Å²) in [6.07, 6.45) is 1.30. The van der Waals surface area contributed by atoms with Gasteiger partial charge in [-0.05, 0) is 49.1 Å². The SMILES string of the molecule is CCC(O)(CC)c1csc(NSc2ccc(C#N)cc2)n1. The number of hydrogen-bond donors (Lipinski definition) is 2. The van der Waals surface area contributed by atoms with Crippen LogP contribution in [0.2, 0.25) is 0 Å². The summed E-state index contributed by atoms with van der Waals surface area (Å²) in [5, 5.41) is 21.9. The summed E-state index contributed by atoms with van der Waals surface area (Å²) >= 11 is 2.92. The van der Waals surface area contributed by atoms with Crippen molar-refractivity contribution < 1.29 is 5.11 Å². The molecule has 0 aliphatic heterocycles. The molecule has 1 heterocycles. The van der Waals surface area contributed by atoms with E-state index in [0.717, 1.165) is 15.7 Å². The second-order valence-electron chi connectivity index (χ2n) is 4.62. The molecule has 0 radical (unpaired) electrons. The Morgan fingerprint density at radius 2 is 2.00 bits per heavy atom. The van der Waals surface area contributed by atoms with Crippen molar-refractivity contribution in [3.63, 3.8) is 0 Å². The molecular formula is C15H17N3OS2. The van der Waals surface area contributed by atoms with Gasteiger partial charge in [-0.25, -0.2) is 4.98 Å². The highest BCUT2D eigenvalue weighted by Crippen LogP contribution is 2.32. The molecule has 110 valence electrons. The van der Waals surface area contributed by atoms with E-state index in [9.17, 15) is 5.11 Å². The summed E-state index contributed by atoms with van der Waals surface area (Å²) in [6.45, 7) is 3.92. The molecule has 0 aliphatic carbocycles. The number of nitriles is 1. The number of thiazole rings is 1. The first-order valence-corrected chi connectivity index (χ1v) is 8.42. The van der Waals surface area contributed by atoms with E-state index in [0.29, 0.717) is 18.4 Å². The second kappa shape index (κ2) is 6.94. The lowest BCUT2D eigenvalue weighted by atomic mass is 9.94. The maximum absolute atomic E-state index is 10.4. The summed E-state index contributed by atoms with van der Waals surface area (Å²) < 4.78 is 3.17. The van der Waals surface area contributed by atoms with Gasteiger partial charge >= 0.3 is 0 Å². The Balaban J connectivity index is 2.01. The topological polar surface area (TPSA) is 68.9 Å². The molecule has 0 fully saturated rings. The molecule has 2 N–H and O–H groups in total. The highest BCUT2D eigenvalue weighted by molar-refractivity contribution is 8.00. The lowest BCUT2D eigenvalue weighted by Gasteiger charge is -2.22. The first-order chi connectivity index (χ1) is 10.1. The minimum atomic E-state index is -0.838. The van der Waals surface area contributed by atoms with Crippen LogP contribution in [0.25, 0.3) is 0 Å². The molecule has 1 aromatic carbocycles. The van der Waals surface area contributed by atoms with Crippen LogP contribution >= 0.6 is 23.3 Å². The summed E-state index contributed by atoms with van der Waals surface area (Å²) in [6, 6.07) is 9.43. The van der Waals surface area contributed by atoms with Crippen molar-refractivity contribution in [1.82, 2.24) is 4.98 Å². The normalized spacial score (nSPS) is 11.1. The molecule has 0 amide bonds. The third kappa shape index (κ3) is 3.76. The number of nitrogens with one attached hydrogen (secondary N) is 1. The van der Waals surface area contributed by atoms with Crippen LogP contribution in [0, 0.1) is 11.3 Å². The van der Waals surface area contributed by atoms with Crippen molar-refractivity contribution in [2.45, 2.75) is 37.2 Å². The Kier molecular flexibility index (Phi) is 5.23. The van der Waals surface area contributed by atoms with Crippen LogP contribution in [0.1, 0.15) is 37.9 Å². The number of rotatable bonds is 6. The predicted molar refractivity (Wildman–Crippen MR) is 87.2 cm³/mol. The average molecular weight is 319 g/mol. The molecule has 0 saturated heterocycles. The molecule has 4 nitrogen and oxygen atoms in total. The van der Waals surface area contributed by atoms with E-state index in [-0.39, 0.29) is 0 Å². The highest BCUT2D eigenvalue weighted by Gasteiger charge is 2.27. The monoisotopic (exact) mass is 319 g/mol. The van der Waals surface area contributed by atoms with Gasteiger partial charge in [0.05, 0.1) is 17.3 Å². The van der Waals surface area contributed by atoms with E-state index in [1.54, 1.807) is 12.1 Å². The molecule has 21 heavy (non-hydrogen) atoms. The van der Waals surface area contributed by atoms with Crippen LogP contribution < -0.4 is 4.72 Å². The van der Waals surface area contributed by atoms with E-state index in [4.69, 9.17) is 5.26 Å². The lowest BCUT2D eigenvalue weighted by molar-refractivity contribution is 0.0247. The molecule has 0 aliphatic rings. The Labute approximate surface area is 133 Å². The number of anilines is 1. The van der Waals surface area contributed by atoms with Crippen molar-refractivity contribution in [3.8, 4) is 6.07 Å². The van der Waals surface area contributed by atoms with E-state index < -0.39 is 5.60 Å². The maximum Gasteiger partial charge on any atom is 0.193 e. The zero-order chi connectivity index (χ0) is 15.3. The summed E-state index contributed by atoms with van der Waals surface area (Å²) in [5.74, 6) is 0. The van der Waals surface area contributed by atoms with Gasteiger partial charge in [0, 0.05) is 10.3 Å². The summed E-state index contributed by atoms with van der Waals surface area (Å²) in [7, 11) is 0. The highest BCUT2D eigenvalue weighted by atomic mass is 32.2. The van der Waals surface area contributed by atoms with Crippen LogP contribution in [-0.2, 0) is 5.60 Å². The van der Waals surface area contributed by atoms with Gasteiger partial charge in [-0.1, -0.05) is 13.8 Å². The van der Waals surface area contributed by atoms with Gasteiger partial charge in [0.1, 0.15) is 5.60 Å². The van der Waals surface area contributed by atoms with Crippen molar-refractivity contribution >= 4 is 28.4 Å². The fourth-order valence-corrected chi connectivity index (χ4v) is 3.33. The number of aliphatic hydroxyl groups is 1. The number of aromatic nitrogens is 1. The zero-order valence-corrected chi connectivity index (χ0v) is 13.6. The molecule has 2 rings (SSSR count). The molecule has 0 saturated carbocycles. The predicted octanol–water partition coefficient (Wildman–Crippen LogP) is 4.14. The van der Waals surface area contributed by atoms with Gasteiger partial charge in [0.25, 0.3) is 0 Å². The van der Waals surface area contributed by atoms with Crippen LogP contribution in [0.4, 0.5) is 5.13 Å². The van der Waals surface area contributed by atoms with Crippen molar-refractivity contribution in [2.75, 3.05) is 4.72 Å².